The highest BCUT2D eigenvalue weighted by molar-refractivity contribution is 7.99. The van der Waals surface area contributed by atoms with Crippen molar-refractivity contribution in [2.24, 2.45) is 0 Å². The number of rotatable bonds is 7. The fourth-order valence-electron chi connectivity index (χ4n) is 2.33. The molecule has 118 valence electrons. The van der Waals surface area contributed by atoms with Crippen LogP contribution in [0.2, 0.25) is 0 Å². The second kappa shape index (κ2) is 7.42. The van der Waals surface area contributed by atoms with Crippen LogP contribution in [0, 0.1) is 0 Å². The predicted octanol–water partition coefficient (Wildman–Crippen LogP) is 1.86. The predicted molar refractivity (Wildman–Crippen MR) is 86.1 cm³/mol. The van der Waals surface area contributed by atoms with Crippen LogP contribution < -0.4 is 10.0 Å². The second-order valence-electron chi connectivity index (χ2n) is 5.16. The molecule has 1 heterocycles. The van der Waals surface area contributed by atoms with Gasteiger partial charge in [0.05, 0.1) is 12.4 Å². The van der Waals surface area contributed by atoms with Crippen LogP contribution in [0.5, 0.6) is 0 Å². The van der Waals surface area contributed by atoms with Crippen LogP contribution in [0.3, 0.4) is 0 Å². The zero-order valence-corrected chi connectivity index (χ0v) is 14.0. The summed E-state index contributed by atoms with van der Waals surface area (Å²) in [5, 5.41) is 3.57. The first kappa shape index (κ1) is 16.5. The van der Waals surface area contributed by atoms with Gasteiger partial charge in [0.1, 0.15) is 4.90 Å². The lowest BCUT2D eigenvalue weighted by molar-refractivity contribution is 0.552. The van der Waals surface area contributed by atoms with Gasteiger partial charge >= 0.3 is 0 Å². The van der Waals surface area contributed by atoms with Crippen LogP contribution in [0.15, 0.2) is 17.3 Å². The largest absolute Gasteiger partial charge is 0.354 e. The molecule has 1 aliphatic carbocycles. The maximum Gasteiger partial charge on any atom is 0.243 e. The first-order valence-corrected chi connectivity index (χ1v) is 9.93. The fraction of sp³-hybridized carbons (Fsp3) is 0.692. The third kappa shape index (κ3) is 4.55. The Morgan fingerprint density at radius 2 is 2.05 bits per heavy atom. The van der Waals surface area contributed by atoms with Crippen molar-refractivity contribution in [2.75, 3.05) is 18.1 Å². The number of nitrogens with zero attached hydrogens (tertiary/aromatic N) is 2. The molecular weight excluding hydrogens is 308 g/mol. The first-order valence-electron chi connectivity index (χ1n) is 7.16. The zero-order chi connectivity index (χ0) is 15.3. The van der Waals surface area contributed by atoms with Crippen molar-refractivity contribution < 1.29 is 8.42 Å². The molecule has 0 radical (unpaired) electrons. The maximum absolute atomic E-state index is 12.3. The molecule has 1 aliphatic rings. The zero-order valence-electron chi connectivity index (χ0n) is 12.4. The van der Waals surface area contributed by atoms with Gasteiger partial charge in [-0.15, -0.1) is 0 Å². The summed E-state index contributed by atoms with van der Waals surface area (Å²) in [4.78, 5) is 8.21. The smallest absolute Gasteiger partial charge is 0.243 e. The van der Waals surface area contributed by atoms with Gasteiger partial charge in [0, 0.05) is 17.8 Å². The molecule has 1 saturated carbocycles. The lowest BCUT2D eigenvalue weighted by atomic mass is 10.3. The Hall–Kier alpha value is -0.860. The van der Waals surface area contributed by atoms with E-state index in [0.29, 0.717) is 11.2 Å². The van der Waals surface area contributed by atoms with E-state index in [0.717, 1.165) is 32.2 Å². The van der Waals surface area contributed by atoms with Crippen LogP contribution in [0.1, 0.15) is 32.6 Å². The third-order valence-corrected chi connectivity index (χ3v) is 6.08. The summed E-state index contributed by atoms with van der Waals surface area (Å²) in [5.74, 6) is 0.458. The normalized spacial score (nSPS) is 22.4. The molecule has 0 aliphatic heterocycles. The SMILES string of the molecule is CCCNc1ncc(S(=O)(=O)NC2CCC(SC)C2)cn1. The van der Waals surface area contributed by atoms with Crippen molar-refractivity contribution in [1.29, 1.82) is 0 Å². The number of hydrogen-bond donors (Lipinski definition) is 2. The quantitative estimate of drug-likeness (QED) is 0.794. The van der Waals surface area contributed by atoms with Crippen molar-refractivity contribution in [1.82, 2.24) is 14.7 Å². The van der Waals surface area contributed by atoms with Crippen LogP contribution in [0.25, 0.3) is 0 Å². The number of anilines is 1. The summed E-state index contributed by atoms with van der Waals surface area (Å²) in [6.07, 6.45) is 8.58. The van der Waals surface area contributed by atoms with Crippen molar-refractivity contribution in [2.45, 2.75) is 48.8 Å². The molecule has 0 amide bonds. The number of thioether (sulfide) groups is 1. The van der Waals surface area contributed by atoms with Gasteiger partial charge in [-0.3, -0.25) is 0 Å². The van der Waals surface area contributed by atoms with Crippen molar-refractivity contribution in [3.63, 3.8) is 0 Å². The van der Waals surface area contributed by atoms with Gasteiger partial charge in [0.15, 0.2) is 0 Å². The standard InChI is InChI=1S/C13H22N4O2S2/c1-3-6-14-13-15-8-12(9-16-13)21(18,19)17-10-4-5-11(7-10)20-2/h8-11,17H,3-7H2,1-2H3,(H,14,15,16). The molecule has 2 N–H and O–H groups in total. The Kier molecular flexibility index (Phi) is 5.83. The molecular formula is C13H22N4O2S2. The molecule has 6 nitrogen and oxygen atoms in total. The Bertz CT molecular complexity index is 548. The van der Waals surface area contributed by atoms with Crippen molar-refractivity contribution in [3.05, 3.63) is 12.4 Å². The molecule has 8 heteroatoms. The Morgan fingerprint density at radius 3 is 2.62 bits per heavy atom. The average molecular weight is 330 g/mol. The number of aromatic nitrogens is 2. The summed E-state index contributed by atoms with van der Waals surface area (Å²) in [6, 6.07) is 0.0188. The van der Waals surface area contributed by atoms with E-state index in [2.05, 4.69) is 26.3 Å². The van der Waals surface area contributed by atoms with E-state index in [4.69, 9.17) is 0 Å². The number of sulfonamides is 1. The van der Waals surface area contributed by atoms with Gasteiger partial charge in [0.25, 0.3) is 0 Å². The van der Waals surface area contributed by atoms with E-state index in [1.807, 2.05) is 6.92 Å². The molecule has 1 fully saturated rings. The van der Waals surface area contributed by atoms with Crippen molar-refractivity contribution >= 4 is 27.7 Å². The van der Waals surface area contributed by atoms with Gasteiger partial charge < -0.3 is 5.32 Å². The van der Waals surface area contributed by atoms with Crippen LogP contribution in [-0.4, -0.2) is 42.5 Å². The van der Waals surface area contributed by atoms with E-state index < -0.39 is 10.0 Å². The van der Waals surface area contributed by atoms with E-state index in [-0.39, 0.29) is 10.9 Å². The molecule has 2 atom stereocenters. The van der Waals surface area contributed by atoms with Gasteiger partial charge in [-0.1, -0.05) is 6.92 Å². The highest BCUT2D eigenvalue weighted by atomic mass is 32.2. The van der Waals surface area contributed by atoms with Gasteiger partial charge in [-0.2, -0.15) is 11.8 Å². The molecule has 0 bridgehead atoms. The monoisotopic (exact) mass is 330 g/mol. The fourth-order valence-corrected chi connectivity index (χ4v) is 4.30. The molecule has 1 aromatic heterocycles. The molecule has 21 heavy (non-hydrogen) atoms. The summed E-state index contributed by atoms with van der Waals surface area (Å²) < 4.78 is 27.3. The summed E-state index contributed by atoms with van der Waals surface area (Å²) in [7, 11) is -3.52. The molecule has 0 spiro atoms. The van der Waals surface area contributed by atoms with Crippen LogP contribution in [-0.2, 0) is 10.0 Å². The topological polar surface area (TPSA) is 84.0 Å². The van der Waals surface area contributed by atoms with E-state index in [1.165, 1.54) is 12.4 Å². The van der Waals surface area contributed by atoms with Gasteiger partial charge in [-0.05, 0) is 31.9 Å². The average Bonchev–Trinajstić information content (AvgIpc) is 2.92. The Morgan fingerprint density at radius 1 is 1.33 bits per heavy atom. The maximum atomic E-state index is 12.3. The third-order valence-electron chi connectivity index (χ3n) is 3.51. The minimum atomic E-state index is -3.52. The minimum absolute atomic E-state index is 0.0188. The van der Waals surface area contributed by atoms with Gasteiger partial charge in [-0.25, -0.2) is 23.1 Å². The highest BCUT2D eigenvalue weighted by Crippen LogP contribution is 2.29. The number of hydrogen-bond acceptors (Lipinski definition) is 6. The van der Waals surface area contributed by atoms with Gasteiger partial charge in [0.2, 0.25) is 16.0 Å². The summed E-state index contributed by atoms with van der Waals surface area (Å²) >= 11 is 1.80. The first-order chi connectivity index (χ1) is 10.0. The van der Waals surface area contributed by atoms with Crippen molar-refractivity contribution in [3.8, 4) is 0 Å². The summed E-state index contributed by atoms with van der Waals surface area (Å²) in [5.41, 5.74) is 0. The van der Waals surface area contributed by atoms with Crippen LogP contribution >= 0.6 is 11.8 Å². The molecule has 2 unspecified atom stereocenters. The van der Waals surface area contributed by atoms with E-state index >= 15 is 0 Å². The molecule has 0 saturated heterocycles. The lowest BCUT2D eigenvalue weighted by Gasteiger charge is -2.13. The Balaban J connectivity index is 1.99. The highest BCUT2D eigenvalue weighted by Gasteiger charge is 2.28. The molecule has 1 aromatic rings. The van der Waals surface area contributed by atoms with E-state index in [1.54, 1.807) is 11.8 Å². The van der Waals surface area contributed by atoms with E-state index in [9.17, 15) is 8.42 Å². The lowest BCUT2D eigenvalue weighted by Crippen LogP contribution is -2.33. The molecule has 2 rings (SSSR count). The van der Waals surface area contributed by atoms with Crippen LogP contribution in [0.4, 0.5) is 5.95 Å². The second-order valence-corrected chi connectivity index (χ2v) is 8.01. The Labute approximate surface area is 130 Å². The number of nitrogens with one attached hydrogen (secondary N) is 2. The molecule has 0 aromatic carbocycles. The minimum Gasteiger partial charge on any atom is -0.354 e. The summed E-state index contributed by atoms with van der Waals surface area (Å²) in [6.45, 7) is 2.81.